The highest BCUT2D eigenvalue weighted by atomic mass is 32.2. The highest BCUT2D eigenvalue weighted by Gasteiger charge is 2.38. The molecule has 1 aliphatic heterocycles. The first-order valence-corrected chi connectivity index (χ1v) is 9.23. The molecule has 1 aromatic rings. The monoisotopic (exact) mass is 364 g/mol. The fourth-order valence-electron chi connectivity index (χ4n) is 2.91. The molecule has 1 amide bonds. The summed E-state index contributed by atoms with van der Waals surface area (Å²) in [6.07, 6.45) is -2.56. The van der Waals surface area contributed by atoms with Gasteiger partial charge >= 0.3 is 6.18 Å². The molecular formula is C15H19F3N2O3S. The predicted molar refractivity (Wildman–Crippen MR) is 82.5 cm³/mol. The number of halogens is 3. The van der Waals surface area contributed by atoms with Gasteiger partial charge in [0.15, 0.2) is 0 Å². The molecule has 2 rings (SSSR count). The van der Waals surface area contributed by atoms with E-state index in [0.29, 0.717) is 12.8 Å². The summed E-state index contributed by atoms with van der Waals surface area (Å²) in [6, 6.07) is 4.20. The first-order valence-electron chi connectivity index (χ1n) is 7.38. The van der Waals surface area contributed by atoms with Crippen LogP contribution in [0.5, 0.6) is 0 Å². The van der Waals surface area contributed by atoms with Gasteiger partial charge in [0.2, 0.25) is 15.9 Å². The Hall–Kier alpha value is -1.61. The largest absolute Gasteiger partial charge is 0.416 e. The Kier molecular flexibility index (Phi) is 5.24. The van der Waals surface area contributed by atoms with Crippen molar-refractivity contribution < 1.29 is 26.4 Å². The molecule has 9 heteroatoms. The van der Waals surface area contributed by atoms with Gasteiger partial charge in [0.1, 0.15) is 6.04 Å². The number of amides is 1. The number of carbonyl (C=O) groups is 1. The van der Waals surface area contributed by atoms with Crippen LogP contribution in [0.4, 0.5) is 13.2 Å². The van der Waals surface area contributed by atoms with Crippen LogP contribution < -0.4 is 0 Å². The second-order valence-electron chi connectivity index (χ2n) is 5.88. The van der Waals surface area contributed by atoms with Crippen LogP contribution in [-0.2, 0) is 27.5 Å². The van der Waals surface area contributed by atoms with E-state index >= 15 is 0 Å². The van der Waals surface area contributed by atoms with Crippen molar-refractivity contribution in [1.29, 1.82) is 0 Å². The quantitative estimate of drug-likeness (QED) is 0.822. The van der Waals surface area contributed by atoms with Gasteiger partial charge < -0.3 is 4.90 Å². The number of hydrogen-bond donors (Lipinski definition) is 0. The van der Waals surface area contributed by atoms with Crippen molar-refractivity contribution in [1.82, 2.24) is 9.21 Å². The molecule has 1 heterocycles. The molecule has 0 N–H and O–H groups in total. The Morgan fingerprint density at radius 1 is 1.33 bits per heavy atom. The Bertz CT molecular complexity index is 719. The van der Waals surface area contributed by atoms with Crippen molar-refractivity contribution in [3.63, 3.8) is 0 Å². The predicted octanol–water partition coefficient (Wildman–Crippen LogP) is 2.09. The van der Waals surface area contributed by atoms with Gasteiger partial charge in [-0.3, -0.25) is 4.79 Å². The average Bonchev–Trinajstić information content (AvgIpc) is 2.95. The molecule has 1 aliphatic rings. The Labute approximate surface area is 139 Å². The molecule has 1 unspecified atom stereocenters. The zero-order chi connectivity index (χ0) is 18.1. The van der Waals surface area contributed by atoms with Crippen LogP contribution in [0.2, 0.25) is 0 Å². The maximum atomic E-state index is 13.0. The van der Waals surface area contributed by atoms with Crippen LogP contribution in [0, 0.1) is 0 Å². The lowest BCUT2D eigenvalue weighted by molar-refractivity contribution is -0.140. The van der Waals surface area contributed by atoms with Gasteiger partial charge in [0.05, 0.1) is 11.8 Å². The number of hydrogen-bond acceptors (Lipinski definition) is 3. The van der Waals surface area contributed by atoms with Gasteiger partial charge in [0, 0.05) is 20.1 Å². The summed E-state index contributed by atoms with van der Waals surface area (Å²) in [5.74, 6) is -0.491. The standard InChI is InChI=1S/C15H19F3N2O3S/c1-19(10-11-6-3-4-7-12(11)15(16,17)18)14(21)13-8-5-9-20(13)24(2,22)23/h3-4,6-7,13H,5,8-10H2,1-2H3. The summed E-state index contributed by atoms with van der Waals surface area (Å²) >= 11 is 0. The molecule has 0 spiro atoms. The number of rotatable bonds is 4. The zero-order valence-electron chi connectivity index (χ0n) is 13.4. The average molecular weight is 364 g/mol. The van der Waals surface area contributed by atoms with E-state index in [1.807, 2.05) is 0 Å². The van der Waals surface area contributed by atoms with Crippen LogP contribution in [0.3, 0.4) is 0 Å². The number of nitrogens with zero attached hydrogens (tertiary/aromatic N) is 2. The van der Waals surface area contributed by atoms with E-state index in [4.69, 9.17) is 0 Å². The summed E-state index contributed by atoms with van der Waals surface area (Å²) in [4.78, 5) is 13.7. The van der Waals surface area contributed by atoms with Crippen LogP contribution in [0.1, 0.15) is 24.0 Å². The van der Waals surface area contributed by atoms with Crippen molar-refractivity contribution in [3.05, 3.63) is 35.4 Å². The Balaban J connectivity index is 2.19. The fraction of sp³-hybridized carbons (Fsp3) is 0.533. The maximum Gasteiger partial charge on any atom is 0.416 e. The van der Waals surface area contributed by atoms with Gasteiger partial charge in [-0.2, -0.15) is 17.5 Å². The normalized spacial score (nSPS) is 19.5. The molecule has 0 saturated carbocycles. The second-order valence-corrected chi connectivity index (χ2v) is 7.82. The molecule has 134 valence electrons. The van der Waals surface area contributed by atoms with Crippen molar-refractivity contribution in [2.24, 2.45) is 0 Å². The zero-order valence-corrected chi connectivity index (χ0v) is 14.2. The SMILES string of the molecule is CN(Cc1ccccc1C(F)(F)F)C(=O)C1CCCN1S(C)(=O)=O. The van der Waals surface area contributed by atoms with Crippen LogP contribution in [0.15, 0.2) is 24.3 Å². The van der Waals surface area contributed by atoms with E-state index in [9.17, 15) is 26.4 Å². The minimum Gasteiger partial charge on any atom is -0.340 e. The highest BCUT2D eigenvalue weighted by molar-refractivity contribution is 7.88. The molecule has 0 bridgehead atoms. The van der Waals surface area contributed by atoms with Gasteiger partial charge in [-0.15, -0.1) is 0 Å². The Morgan fingerprint density at radius 2 is 1.96 bits per heavy atom. The third-order valence-corrected chi connectivity index (χ3v) is 5.31. The summed E-state index contributed by atoms with van der Waals surface area (Å²) in [7, 11) is -2.15. The van der Waals surface area contributed by atoms with E-state index in [0.717, 1.165) is 21.5 Å². The minimum absolute atomic E-state index is 0.0234. The maximum absolute atomic E-state index is 13.0. The lowest BCUT2D eigenvalue weighted by Crippen LogP contribution is -2.46. The lowest BCUT2D eigenvalue weighted by Gasteiger charge is -2.27. The lowest BCUT2D eigenvalue weighted by atomic mass is 10.1. The first-order chi connectivity index (χ1) is 11.0. The molecule has 0 aromatic heterocycles. The van der Waals surface area contributed by atoms with Gasteiger partial charge in [-0.25, -0.2) is 8.42 Å². The van der Waals surface area contributed by atoms with Crippen LogP contribution in [0.25, 0.3) is 0 Å². The van der Waals surface area contributed by atoms with Crippen LogP contribution >= 0.6 is 0 Å². The number of carbonyl (C=O) groups excluding carboxylic acids is 1. The van der Waals surface area contributed by atoms with Crippen LogP contribution in [-0.4, -0.2) is 49.4 Å². The molecule has 1 atom stereocenters. The van der Waals surface area contributed by atoms with Crippen molar-refractivity contribution in [3.8, 4) is 0 Å². The van der Waals surface area contributed by atoms with Crippen molar-refractivity contribution in [2.75, 3.05) is 19.8 Å². The molecule has 1 saturated heterocycles. The van der Waals surface area contributed by atoms with Gasteiger partial charge in [-0.05, 0) is 24.5 Å². The first kappa shape index (κ1) is 18.7. The molecule has 24 heavy (non-hydrogen) atoms. The smallest absolute Gasteiger partial charge is 0.340 e. The molecular weight excluding hydrogens is 345 g/mol. The van der Waals surface area contributed by atoms with Crippen molar-refractivity contribution >= 4 is 15.9 Å². The fourth-order valence-corrected chi connectivity index (χ4v) is 4.03. The second kappa shape index (κ2) is 6.72. The van der Waals surface area contributed by atoms with Gasteiger partial charge in [-0.1, -0.05) is 18.2 Å². The summed E-state index contributed by atoms with van der Waals surface area (Å²) < 4.78 is 63.6. The van der Waals surface area contributed by atoms with E-state index in [1.54, 1.807) is 0 Å². The molecule has 1 aromatic carbocycles. The summed E-state index contributed by atoms with van der Waals surface area (Å²) in [5, 5.41) is 0. The number of likely N-dealkylation sites (N-methyl/N-ethyl adjacent to an activating group) is 1. The number of alkyl halides is 3. The third kappa shape index (κ3) is 4.07. The molecule has 0 radical (unpaired) electrons. The Morgan fingerprint density at radius 3 is 2.54 bits per heavy atom. The number of benzene rings is 1. The molecule has 1 fully saturated rings. The third-order valence-electron chi connectivity index (χ3n) is 4.02. The summed E-state index contributed by atoms with van der Waals surface area (Å²) in [6.45, 7) is 0.0187. The van der Waals surface area contributed by atoms with E-state index in [2.05, 4.69) is 0 Å². The summed E-state index contributed by atoms with van der Waals surface area (Å²) in [5.41, 5.74) is -0.819. The highest BCUT2D eigenvalue weighted by Crippen LogP contribution is 2.32. The molecule has 5 nitrogen and oxygen atoms in total. The topological polar surface area (TPSA) is 57.7 Å². The number of sulfonamides is 1. The minimum atomic E-state index is -4.51. The van der Waals surface area contributed by atoms with Crippen molar-refractivity contribution in [2.45, 2.75) is 31.6 Å². The van der Waals surface area contributed by atoms with E-state index in [-0.39, 0.29) is 18.7 Å². The van der Waals surface area contributed by atoms with Gasteiger partial charge in [0.25, 0.3) is 0 Å². The van der Waals surface area contributed by atoms with E-state index < -0.39 is 33.7 Å². The van der Waals surface area contributed by atoms with E-state index in [1.165, 1.54) is 25.2 Å². The molecule has 0 aliphatic carbocycles.